The Morgan fingerprint density at radius 3 is 2.93 bits per heavy atom. The third-order valence-corrected chi connectivity index (χ3v) is 6.66. The van der Waals surface area contributed by atoms with Crippen LogP contribution >= 0.6 is 46.0 Å². The minimum absolute atomic E-state index is 0.0188. The minimum Gasteiger partial charge on any atom is -0.360 e. The van der Waals surface area contributed by atoms with Crippen molar-refractivity contribution in [3.05, 3.63) is 55.7 Å². The summed E-state index contributed by atoms with van der Waals surface area (Å²) >= 11 is 10.1. The second-order valence-corrected chi connectivity index (χ2v) is 9.03. The Morgan fingerprint density at radius 2 is 2.18 bits per heavy atom. The van der Waals surface area contributed by atoms with Crippen LogP contribution in [0.4, 0.5) is 16.5 Å². The Hall–Kier alpha value is -2.21. The summed E-state index contributed by atoms with van der Waals surface area (Å²) in [5, 5.41) is 27.6. The van der Waals surface area contributed by atoms with Gasteiger partial charge in [0.2, 0.25) is 11.0 Å². The molecular formula is C16H14ClN5O3S3. The van der Waals surface area contributed by atoms with Crippen molar-refractivity contribution in [2.24, 2.45) is 0 Å². The predicted octanol–water partition coefficient (Wildman–Crippen LogP) is 4.55. The van der Waals surface area contributed by atoms with Crippen LogP contribution in [-0.4, -0.2) is 33.3 Å². The number of amides is 1. The summed E-state index contributed by atoms with van der Waals surface area (Å²) in [4.78, 5) is 23.7. The molecule has 2 aromatic heterocycles. The summed E-state index contributed by atoms with van der Waals surface area (Å²) in [5.41, 5.74) is 0.0596. The molecule has 12 heteroatoms. The normalized spacial score (nSPS) is 10.6. The van der Waals surface area contributed by atoms with E-state index in [1.807, 2.05) is 11.4 Å². The van der Waals surface area contributed by atoms with Gasteiger partial charge in [-0.05, 0) is 30.0 Å². The number of carbonyl (C=O) groups excluding carboxylic acids is 1. The van der Waals surface area contributed by atoms with Gasteiger partial charge in [0.1, 0.15) is 5.02 Å². The number of thioether (sulfide) groups is 1. The molecule has 0 spiro atoms. The van der Waals surface area contributed by atoms with E-state index in [1.165, 1.54) is 46.2 Å². The molecule has 146 valence electrons. The van der Waals surface area contributed by atoms with Gasteiger partial charge >= 0.3 is 0 Å². The van der Waals surface area contributed by atoms with Gasteiger partial charge < -0.3 is 10.6 Å². The molecule has 1 amide bonds. The van der Waals surface area contributed by atoms with Gasteiger partial charge in [-0.1, -0.05) is 40.8 Å². The van der Waals surface area contributed by atoms with Gasteiger partial charge in [-0.2, -0.15) is 0 Å². The number of rotatable bonds is 9. The van der Waals surface area contributed by atoms with Crippen LogP contribution in [0.3, 0.4) is 0 Å². The molecule has 28 heavy (non-hydrogen) atoms. The van der Waals surface area contributed by atoms with Crippen LogP contribution in [0.5, 0.6) is 0 Å². The Balaban J connectivity index is 1.45. The second kappa shape index (κ2) is 9.82. The van der Waals surface area contributed by atoms with Crippen LogP contribution in [0.25, 0.3) is 0 Å². The molecule has 0 radical (unpaired) electrons. The number of aromatic nitrogens is 2. The third kappa shape index (κ3) is 5.89. The molecule has 0 aliphatic rings. The fourth-order valence-electron chi connectivity index (χ4n) is 2.14. The minimum atomic E-state index is -0.596. The first-order valence-electron chi connectivity index (χ1n) is 7.97. The van der Waals surface area contributed by atoms with Gasteiger partial charge in [0.25, 0.3) is 5.69 Å². The van der Waals surface area contributed by atoms with E-state index in [4.69, 9.17) is 11.6 Å². The molecule has 0 unspecified atom stereocenters. The predicted molar refractivity (Wildman–Crippen MR) is 114 cm³/mol. The van der Waals surface area contributed by atoms with Gasteiger partial charge in [0, 0.05) is 23.2 Å². The van der Waals surface area contributed by atoms with Crippen LogP contribution in [0, 0.1) is 10.1 Å². The van der Waals surface area contributed by atoms with Crippen LogP contribution in [-0.2, 0) is 11.2 Å². The van der Waals surface area contributed by atoms with E-state index in [1.54, 1.807) is 11.3 Å². The Morgan fingerprint density at radius 1 is 1.32 bits per heavy atom. The van der Waals surface area contributed by atoms with Gasteiger partial charge in [0.15, 0.2) is 4.34 Å². The molecule has 0 bridgehead atoms. The van der Waals surface area contributed by atoms with Crippen molar-refractivity contribution >= 4 is 68.4 Å². The zero-order valence-corrected chi connectivity index (χ0v) is 17.5. The topological polar surface area (TPSA) is 110 Å². The molecule has 0 aliphatic heterocycles. The summed E-state index contributed by atoms with van der Waals surface area (Å²) in [6.07, 6.45) is 0.912. The van der Waals surface area contributed by atoms with Gasteiger partial charge in [0.05, 0.1) is 10.7 Å². The lowest BCUT2D eigenvalue weighted by molar-refractivity contribution is -0.384. The van der Waals surface area contributed by atoms with Crippen LogP contribution in [0.15, 0.2) is 40.1 Å². The molecule has 1 aromatic carbocycles. The number of benzene rings is 1. The zero-order valence-electron chi connectivity index (χ0n) is 14.3. The molecular weight excluding hydrogens is 442 g/mol. The first kappa shape index (κ1) is 20.5. The Labute approximate surface area is 177 Å². The van der Waals surface area contributed by atoms with E-state index in [0.29, 0.717) is 15.2 Å². The fourth-order valence-corrected chi connectivity index (χ4v) is 4.61. The number of nitro benzene ring substituents is 1. The number of hydrogen-bond donors (Lipinski definition) is 2. The van der Waals surface area contributed by atoms with Crippen molar-refractivity contribution in [1.82, 2.24) is 10.2 Å². The monoisotopic (exact) mass is 455 g/mol. The second-order valence-electron chi connectivity index (χ2n) is 5.39. The molecule has 0 fully saturated rings. The lowest BCUT2D eigenvalue weighted by Gasteiger charge is -2.04. The molecule has 0 saturated heterocycles. The SMILES string of the molecule is O=C(CSc1nnc(NCCc2cccs2)s1)Nc1ccc(Cl)c([N+](=O)[O-])c1. The van der Waals surface area contributed by atoms with Gasteiger partial charge in [-0.15, -0.1) is 21.5 Å². The Bertz CT molecular complexity index is 964. The highest BCUT2D eigenvalue weighted by molar-refractivity contribution is 8.01. The molecule has 0 saturated carbocycles. The standard InChI is InChI=1S/C16H14ClN5O3S3/c17-12-4-3-10(8-13(12)22(24)25)19-14(23)9-27-16-21-20-15(28-16)18-6-5-11-2-1-7-26-11/h1-4,7-8H,5-6,9H2,(H,18,20)(H,19,23). The van der Waals surface area contributed by atoms with Crippen molar-refractivity contribution in [3.63, 3.8) is 0 Å². The van der Waals surface area contributed by atoms with E-state index in [2.05, 4.69) is 26.9 Å². The fraction of sp³-hybridized carbons (Fsp3) is 0.188. The summed E-state index contributed by atoms with van der Waals surface area (Å²) in [6, 6.07) is 8.22. The average Bonchev–Trinajstić information content (AvgIpc) is 3.33. The highest BCUT2D eigenvalue weighted by Gasteiger charge is 2.14. The molecule has 0 aliphatic carbocycles. The molecule has 0 atom stereocenters. The maximum atomic E-state index is 12.1. The molecule has 2 N–H and O–H groups in total. The number of carbonyl (C=O) groups is 1. The molecule has 3 rings (SSSR count). The summed E-state index contributed by atoms with van der Waals surface area (Å²) in [6.45, 7) is 0.760. The summed E-state index contributed by atoms with van der Waals surface area (Å²) in [5.74, 6) is -0.190. The third-order valence-electron chi connectivity index (χ3n) is 3.39. The van der Waals surface area contributed by atoms with Crippen molar-refractivity contribution in [2.75, 3.05) is 22.9 Å². The lowest BCUT2D eigenvalue weighted by Crippen LogP contribution is -2.14. The highest BCUT2D eigenvalue weighted by atomic mass is 35.5. The lowest BCUT2D eigenvalue weighted by atomic mass is 10.3. The quantitative estimate of drug-likeness (QED) is 0.276. The average molecular weight is 456 g/mol. The van der Waals surface area contributed by atoms with Crippen LogP contribution < -0.4 is 10.6 Å². The van der Waals surface area contributed by atoms with Crippen LogP contribution in [0.2, 0.25) is 5.02 Å². The van der Waals surface area contributed by atoms with Gasteiger partial charge in [-0.3, -0.25) is 14.9 Å². The maximum absolute atomic E-state index is 12.1. The number of anilines is 2. The van der Waals surface area contributed by atoms with Crippen molar-refractivity contribution in [3.8, 4) is 0 Å². The zero-order chi connectivity index (χ0) is 19.9. The summed E-state index contributed by atoms with van der Waals surface area (Å²) < 4.78 is 0.663. The molecule has 3 aromatic rings. The number of thiophene rings is 1. The van der Waals surface area contributed by atoms with Crippen molar-refractivity contribution in [2.45, 2.75) is 10.8 Å². The number of hydrogen-bond acceptors (Lipinski definition) is 9. The number of nitrogens with zero attached hydrogens (tertiary/aromatic N) is 3. The van der Waals surface area contributed by atoms with E-state index in [0.717, 1.165) is 13.0 Å². The highest BCUT2D eigenvalue weighted by Crippen LogP contribution is 2.28. The number of halogens is 1. The van der Waals surface area contributed by atoms with Crippen molar-refractivity contribution in [1.29, 1.82) is 0 Å². The van der Waals surface area contributed by atoms with Gasteiger partial charge in [-0.25, -0.2) is 0 Å². The van der Waals surface area contributed by atoms with E-state index in [9.17, 15) is 14.9 Å². The summed E-state index contributed by atoms with van der Waals surface area (Å²) in [7, 11) is 0. The van der Waals surface area contributed by atoms with E-state index < -0.39 is 4.92 Å². The number of nitro groups is 1. The van der Waals surface area contributed by atoms with E-state index in [-0.39, 0.29) is 22.4 Å². The smallest absolute Gasteiger partial charge is 0.289 e. The number of nitrogens with one attached hydrogen (secondary N) is 2. The Kier molecular flexibility index (Phi) is 7.20. The molecule has 2 heterocycles. The van der Waals surface area contributed by atoms with E-state index >= 15 is 0 Å². The maximum Gasteiger partial charge on any atom is 0.289 e. The molecule has 8 nitrogen and oxygen atoms in total. The van der Waals surface area contributed by atoms with Crippen LogP contribution in [0.1, 0.15) is 4.88 Å². The largest absolute Gasteiger partial charge is 0.360 e. The first-order chi connectivity index (χ1) is 13.5. The van der Waals surface area contributed by atoms with Crippen molar-refractivity contribution < 1.29 is 9.72 Å². The first-order valence-corrected chi connectivity index (χ1v) is 11.0.